The Morgan fingerprint density at radius 3 is 2.69 bits per heavy atom. The third-order valence-electron chi connectivity index (χ3n) is 2.85. The molecule has 13 heavy (non-hydrogen) atoms. The Balaban J connectivity index is 2.88. The molecule has 1 rings (SSSR count). The Kier molecular flexibility index (Phi) is 2.60. The molecule has 2 heteroatoms. The molecule has 0 spiro atoms. The Hall–Kier alpha value is -1.05. The van der Waals surface area contributed by atoms with Gasteiger partial charge in [-0.15, -0.1) is 0 Å². The zero-order valence-corrected chi connectivity index (χ0v) is 8.26. The molecule has 1 aliphatic carbocycles. The van der Waals surface area contributed by atoms with Gasteiger partial charge in [0.05, 0.1) is 0 Å². The summed E-state index contributed by atoms with van der Waals surface area (Å²) in [6.07, 6.45) is 5.01. The summed E-state index contributed by atoms with van der Waals surface area (Å²) in [5, 5.41) is 8.75. The van der Waals surface area contributed by atoms with E-state index in [1.807, 2.05) is 6.08 Å². The van der Waals surface area contributed by atoms with E-state index in [9.17, 15) is 4.79 Å². The largest absolute Gasteiger partial charge is 0.478 e. The third-order valence-corrected chi connectivity index (χ3v) is 2.85. The maximum atomic E-state index is 10.6. The van der Waals surface area contributed by atoms with Gasteiger partial charge in [-0.25, -0.2) is 4.79 Å². The minimum absolute atomic E-state index is 0.0809. The summed E-state index contributed by atoms with van der Waals surface area (Å²) < 4.78 is 0. The average molecular weight is 180 g/mol. The van der Waals surface area contributed by atoms with Crippen LogP contribution >= 0.6 is 0 Å². The molecule has 0 aliphatic heterocycles. The molecule has 0 aromatic carbocycles. The summed E-state index contributed by atoms with van der Waals surface area (Å²) in [5.74, 6) is -0.832. The van der Waals surface area contributed by atoms with Crippen molar-refractivity contribution in [3.8, 4) is 0 Å². The van der Waals surface area contributed by atoms with Crippen molar-refractivity contribution in [3.63, 3.8) is 0 Å². The number of hydrogen-bond acceptors (Lipinski definition) is 1. The molecule has 0 bridgehead atoms. The van der Waals surface area contributed by atoms with Gasteiger partial charge in [-0.1, -0.05) is 25.2 Å². The lowest BCUT2D eigenvalue weighted by Crippen LogP contribution is -2.12. The van der Waals surface area contributed by atoms with E-state index in [4.69, 9.17) is 5.11 Å². The van der Waals surface area contributed by atoms with E-state index in [2.05, 4.69) is 13.5 Å². The van der Waals surface area contributed by atoms with Gasteiger partial charge in [-0.05, 0) is 26.2 Å². The summed E-state index contributed by atoms with van der Waals surface area (Å²) >= 11 is 0. The number of carboxylic acids is 1. The van der Waals surface area contributed by atoms with Crippen molar-refractivity contribution in [1.29, 1.82) is 0 Å². The van der Waals surface area contributed by atoms with Crippen LogP contribution in [-0.4, -0.2) is 11.1 Å². The Bertz CT molecular complexity index is 276. The smallest absolute Gasteiger partial charge is 0.330 e. The normalized spacial score (nSPS) is 29.4. The zero-order valence-electron chi connectivity index (χ0n) is 8.26. The summed E-state index contributed by atoms with van der Waals surface area (Å²) in [4.78, 5) is 10.6. The monoisotopic (exact) mass is 180 g/mol. The van der Waals surface area contributed by atoms with Crippen LogP contribution in [0.25, 0.3) is 0 Å². The lowest BCUT2D eigenvalue weighted by atomic mass is 9.83. The molecule has 0 saturated heterocycles. The first-order valence-electron chi connectivity index (χ1n) is 4.57. The molecule has 1 fully saturated rings. The number of allylic oxidation sites excluding steroid dienone is 2. The predicted octanol–water partition coefficient (Wildman–Crippen LogP) is 2.76. The standard InChI is InChI=1S/C11H16O2/c1-8(10(12)13)7-11(3)6-4-5-9(11)2/h7H,2,4-6H2,1,3H3,(H,12,13)/b8-7+. The second kappa shape index (κ2) is 3.36. The van der Waals surface area contributed by atoms with E-state index >= 15 is 0 Å². The zero-order chi connectivity index (χ0) is 10.1. The van der Waals surface area contributed by atoms with Crippen LogP contribution in [0.4, 0.5) is 0 Å². The predicted molar refractivity (Wildman–Crippen MR) is 52.5 cm³/mol. The molecular formula is C11H16O2. The molecule has 0 heterocycles. The highest BCUT2D eigenvalue weighted by Crippen LogP contribution is 2.43. The van der Waals surface area contributed by atoms with Crippen molar-refractivity contribution in [2.45, 2.75) is 33.1 Å². The number of carboxylic acid groups (broad SMARTS) is 1. The molecule has 1 N–H and O–H groups in total. The molecule has 2 nitrogen and oxygen atoms in total. The topological polar surface area (TPSA) is 37.3 Å². The van der Waals surface area contributed by atoms with E-state index in [0.29, 0.717) is 5.57 Å². The first-order chi connectivity index (χ1) is 5.96. The number of carbonyl (C=O) groups is 1. The first kappa shape index (κ1) is 10.0. The van der Waals surface area contributed by atoms with Gasteiger partial charge in [0, 0.05) is 11.0 Å². The Morgan fingerprint density at radius 2 is 2.31 bits per heavy atom. The van der Waals surface area contributed by atoms with Crippen LogP contribution in [0.1, 0.15) is 33.1 Å². The van der Waals surface area contributed by atoms with Gasteiger partial charge in [0.15, 0.2) is 0 Å². The van der Waals surface area contributed by atoms with Crippen LogP contribution in [0.15, 0.2) is 23.8 Å². The van der Waals surface area contributed by atoms with E-state index < -0.39 is 5.97 Å². The van der Waals surface area contributed by atoms with Crippen molar-refractivity contribution in [1.82, 2.24) is 0 Å². The molecule has 1 saturated carbocycles. The van der Waals surface area contributed by atoms with Crippen molar-refractivity contribution in [2.24, 2.45) is 5.41 Å². The van der Waals surface area contributed by atoms with Gasteiger partial charge in [0.1, 0.15) is 0 Å². The molecule has 0 aromatic rings. The van der Waals surface area contributed by atoms with Crippen LogP contribution in [0.5, 0.6) is 0 Å². The van der Waals surface area contributed by atoms with E-state index in [1.165, 1.54) is 0 Å². The fraction of sp³-hybridized carbons (Fsp3) is 0.545. The molecule has 1 aliphatic rings. The minimum atomic E-state index is -0.832. The quantitative estimate of drug-likeness (QED) is 0.524. The van der Waals surface area contributed by atoms with Crippen LogP contribution in [0.2, 0.25) is 0 Å². The summed E-state index contributed by atoms with van der Waals surface area (Å²) in [7, 11) is 0. The molecule has 0 amide bonds. The SMILES string of the molecule is C=C1CCCC1(C)/C=C(\C)C(=O)O. The highest BCUT2D eigenvalue weighted by molar-refractivity contribution is 5.86. The van der Waals surface area contributed by atoms with Gasteiger partial charge >= 0.3 is 5.97 Å². The lowest BCUT2D eigenvalue weighted by Gasteiger charge is -2.21. The van der Waals surface area contributed by atoms with Crippen LogP contribution < -0.4 is 0 Å². The highest BCUT2D eigenvalue weighted by Gasteiger charge is 2.30. The minimum Gasteiger partial charge on any atom is -0.478 e. The molecule has 0 radical (unpaired) electrons. The van der Waals surface area contributed by atoms with Gasteiger partial charge in [-0.2, -0.15) is 0 Å². The van der Waals surface area contributed by atoms with Gasteiger partial charge in [0.2, 0.25) is 0 Å². The summed E-state index contributed by atoms with van der Waals surface area (Å²) in [6, 6.07) is 0. The second-order valence-electron chi connectivity index (χ2n) is 4.01. The molecular weight excluding hydrogens is 164 g/mol. The van der Waals surface area contributed by atoms with E-state index in [1.54, 1.807) is 6.92 Å². The van der Waals surface area contributed by atoms with Crippen molar-refractivity contribution >= 4 is 5.97 Å². The van der Waals surface area contributed by atoms with E-state index in [0.717, 1.165) is 24.8 Å². The number of rotatable bonds is 2. The van der Waals surface area contributed by atoms with Crippen molar-refractivity contribution in [2.75, 3.05) is 0 Å². The molecule has 0 aromatic heterocycles. The van der Waals surface area contributed by atoms with Crippen LogP contribution in [0.3, 0.4) is 0 Å². The lowest BCUT2D eigenvalue weighted by molar-refractivity contribution is -0.132. The molecule has 1 atom stereocenters. The van der Waals surface area contributed by atoms with Crippen molar-refractivity contribution in [3.05, 3.63) is 23.8 Å². The van der Waals surface area contributed by atoms with Crippen LogP contribution in [-0.2, 0) is 4.79 Å². The fourth-order valence-corrected chi connectivity index (χ4v) is 1.85. The number of hydrogen-bond donors (Lipinski definition) is 1. The molecule has 72 valence electrons. The maximum Gasteiger partial charge on any atom is 0.330 e. The van der Waals surface area contributed by atoms with Gasteiger partial charge in [0.25, 0.3) is 0 Å². The van der Waals surface area contributed by atoms with Crippen LogP contribution in [0, 0.1) is 5.41 Å². The van der Waals surface area contributed by atoms with E-state index in [-0.39, 0.29) is 5.41 Å². The second-order valence-corrected chi connectivity index (χ2v) is 4.01. The summed E-state index contributed by atoms with van der Waals surface area (Å²) in [5.41, 5.74) is 1.50. The molecule has 1 unspecified atom stereocenters. The maximum absolute atomic E-state index is 10.6. The first-order valence-corrected chi connectivity index (χ1v) is 4.57. The Morgan fingerprint density at radius 1 is 1.69 bits per heavy atom. The average Bonchev–Trinajstić information content (AvgIpc) is 2.32. The fourth-order valence-electron chi connectivity index (χ4n) is 1.85. The van der Waals surface area contributed by atoms with Gasteiger partial charge in [-0.3, -0.25) is 0 Å². The van der Waals surface area contributed by atoms with Gasteiger partial charge < -0.3 is 5.11 Å². The number of aliphatic carboxylic acids is 1. The van der Waals surface area contributed by atoms with Crippen molar-refractivity contribution < 1.29 is 9.90 Å². The highest BCUT2D eigenvalue weighted by atomic mass is 16.4. The third kappa shape index (κ3) is 2.00. The summed E-state index contributed by atoms with van der Waals surface area (Å²) in [6.45, 7) is 7.68. The Labute approximate surface area is 79.0 Å².